The molecule has 1 aliphatic heterocycles. The molecule has 0 spiro atoms. The van der Waals surface area contributed by atoms with Crippen molar-refractivity contribution in [2.75, 3.05) is 18.6 Å². The van der Waals surface area contributed by atoms with Crippen LogP contribution in [0.1, 0.15) is 17.0 Å². The van der Waals surface area contributed by atoms with Crippen LogP contribution < -0.4 is 0 Å². The van der Waals surface area contributed by atoms with Crippen molar-refractivity contribution >= 4 is 27.3 Å². The highest BCUT2D eigenvalue weighted by molar-refractivity contribution is 7.91. The smallest absolute Gasteiger partial charge is 0.289 e. The fourth-order valence-corrected chi connectivity index (χ4v) is 3.77. The molecule has 94 valence electrons. The highest BCUT2D eigenvalue weighted by Gasteiger charge is 2.33. The summed E-state index contributed by atoms with van der Waals surface area (Å²) < 4.78 is 27.7. The van der Waals surface area contributed by atoms with E-state index in [4.69, 9.17) is 16.0 Å². The van der Waals surface area contributed by atoms with Crippen molar-refractivity contribution in [1.82, 2.24) is 4.90 Å². The number of rotatable bonds is 2. The van der Waals surface area contributed by atoms with E-state index in [1.54, 1.807) is 7.05 Å². The number of hydrogen-bond acceptors (Lipinski definition) is 4. The first-order chi connectivity index (χ1) is 7.89. The quantitative estimate of drug-likeness (QED) is 0.814. The molecular weight excluding hydrogens is 266 g/mol. The summed E-state index contributed by atoms with van der Waals surface area (Å²) >= 11 is 5.58. The van der Waals surface area contributed by atoms with E-state index in [1.807, 2.05) is 0 Å². The number of nitrogens with zero attached hydrogens (tertiary/aromatic N) is 1. The lowest BCUT2D eigenvalue weighted by Crippen LogP contribution is -2.37. The summed E-state index contributed by atoms with van der Waals surface area (Å²) in [6.07, 6.45) is 0.471. The van der Waals surface area contributed by atoms with Gasteiger partial charge in [-0.2, -0.15) is 0 Å². The molecule has 0 aromatic carbocycles. The van der Waals surface area contributed by atoms with Gasteiger partial charge in [0.05, 0.1) is 11.5 Å². The summed E-state index contributed by atoms with van der Waals surface area (Å²) in [4.78, 5) is 13.3. The molecule has 1 fully saturated rings. The van der Waals surface area contributed by atoms with Gasteiger partial charge in [0.2, 0.25) is 0 Å². The molecule has 0 N–H and O–H groups in total. The molecule has 2 rings (SSSR count). The fourth-order valence-electron chi connectivity index (χ4n) is 1.85. The third-order valence-corrected chi connectivity index (χ3v) is 4.81. The minimum atomic E-state index is -3.00. The second-order valence-corrected chi connectivity index (χ2v) is 6.68. The van der Waals surface area contributed by atoms with Crippen LogP contribution in [0.15, 0.2) is 16.5 Å². The number of hydrogen-bond donors (Lipinski definition) is 0. The van der Waals surface area contributed by atoms with Crippen molar-refractivity contribution in [3.8, 4) is 0 Å². The standard InChI is InChI=1S/C10H12ClNO4S/c1-12(7-4-5-17(14,15)6-7)10(13)8-2-3-9(11)16-8/h2-3,7H,4-6H2,1H3. The molecule has 1 aromatic rings. The number of sulfone groups is 1. The molecular formula is C10H12ClNO4S. The molecule has 2 heterocycles. The monoisotopic (exact) mass is 277 g/mol. The van der Waals surface area contributed by atoms with Gasteiger partial charge in [-0.15, -0.1) is 0 Å². The lowest BCUT2D eigenvalue weighted by Gasteiger charge is -2.22. The Labute approximate surface area is 104 Å². The highest BCUT2D eigenvalue weighted by Crippen LogP contribution is 2.20. The molecule has 1 aromatic heterocycles. The van der Waals surface area contributed by atoms with Gasteiger partial charge in [0.15, 0.2) is 20.8 Å². The fraction of sp³-hybridized carbons (Fsp3) is 0.500. The summed E-state index contributed by atoms with van der Waals surface area (Å²) in [6, 6.07) is 2.68. The molecule has 5 nitrogen and oxygen atoms in total. The first-order valence-corrected chi connectivity index (χ1v) is 7.32. The summed E-state index contributed by atoms with van der Waals surface area (Å²) in [5, 5.41) is 0.140. The van der Waals surface area contributed by atoms with E-state index >= 15 is 0 Å². The van der Waals surface area contributed by atoms with Crippen molar-refractivity contribution in [1.29, 1.82) is 0 Å². The molecule has 0 bridgehead atoms. The van der Waals surface area contributed by atoms with Crippen LogP contribution in [0.25, 0.3) is 0 Å². The average molecular weight is 278 g/mol. The Balaban J connectivity index is 2.11. The largest absolute Gasteiger partial charge is 0.440 e. The van der Waals surface area contributed by atoms with E-state index in [1.165, 1.54) is 17.0 Å². The molecule has 0 saturated carbocycles. The third-order valence-electron chi connectivity index (χ3n) is 2.86. The maximum Gasteiger partial charge on any atom is 0.289 e. The topological polar surface area (TPSA) is 67.6 Å². The number of carbonyl (C=O) groups excluding carboxylic acids is 1. The van der Waals surface area contributed by atoms with Crippen molar-refractivity contribution < 1.29 is 17.6 Å². The SMILES string of the molecule is CN(C(=O)c1ccc(Cl)o1)C1CCS(=O)(=O)C1. The molecule has 17 heavy (non-hydrogen) atoms. The van der Waals surface area contributed by atoms with E-state index in [-0.39, 0.29) is 34.4 Å². The van der Waals surface area contributed by atoms with Crippen molar-refractivity contribution in [3.05, 3.63) is 23.1 Å². The summed E-state index contributed by atoms with van der Waals surface area (Å²) in [6.45, 7) is 0. The van der Waals surface area contributed by atoms with Gasteiger partial charge in [-0.3, -0.25) is 4.79 Å². The van der Waals surface area contributed by atoms with Gasteiger partial charge in [0.1, 0.15) is 0 Å². The number of furan rings is 1. The van der Waals surface area contributed by atoms with Crippen LogP contribution in [-0.4, -0.2) is 43.8 Å². The van der Waals surface area contributed by atoms with Crippen LogP contribution in [0, 0.1) is 0 Å². The average Bonchev–Trinajstić information content (AvgIpc) is 2.82. The second kappa shape index (κ2) is 4.34. The Morgan fingerprint density at radius 1 is 1.53 bits per heavy atom. The molecule has 1 saturated heterocycles. The van der Waals surface area contributed by atoms with E-state index in [0.29, 0.717) is 6.42 Å². The van der Waals surface area contributed by atoms with Crippen molar-refractivity contribution in [2.24, 2.45) is 0 Å². The van der Waals surface area contributed by atoms with E-state index < -0.39 is 9.84 Å². The van der Waals surface area contributed by atoms with Gasteiger partial charge >= 0.3 is 0 Å². The summed E-state index contributed by atoms with van der Waals surface area (Å²) in [5.74, 6) is -0.0708. The first-order valence-electron chi connectivity index (χ1n) is 5.12. The van der Waals surface area contributed by atoms with Crippen molar-refractivity contribution in [3.63, 3.8) is 0 Å². The summed E-state index contributed by atoms with van der Waals surface area (Å²) in [5.41, 5.74) is 0. The Morgan fingerprint density at radius 2 is 2.24 bits per heavy atom. The molecule has 1 unspecified atom stereocenters. The third kappa shape index (κ3) is 2.63. The van der Waals surface area contributed by atoms with Gasteiger partial charge in [-0.1, -0.05) is 0 Å². The van der Waals surface area contributed by atoms with Crippen LogP contribution in [-0.2, 0) is 9.84 Å². The highest BCUT2D eigenvalue weighted by atomic mass is 35.5. The Bertz CT molecular complexity index is 536. The summed E-state index contributed by atoms with van der Waals surface area (Å²) in [7, 11) is -1.43. The lowest BCUT2D eigenvalue weighted by molar-refractivity contribution is 0.0715. The Morgan fingerprint density at radius 3 is 2.71 bits per heavy atom. The van der Waals surface area contributed by atoms with Crippen LogP contribution in [0.2, 0.25) is 5.22 Å². The molecule has 7 heteroatoms. The molecule has 0 radical (unpaired) electrons. The second-order valence-electron chi connectivity index (χ2n) is 4.08. The van der Waals surface area contributed by atoms with Gasteiger partial charge < -0.3 is 9.32 Å². The van der Waals surface area contributed by atoms with E-state index in [0.717, 1.165) is 0 Å². The van der Waals surface area contributed by atoms with E-state index in [2.05, 4.69) is 0 Å². The zero-order valence-electron chi connectivity index (χ0n) is 9.22. The number of amides is 1. The minimum Gasteiger partial charge on any atom is -0.440 e. The lowest BCUT2D eigenvalue weighted by atomic mass is 10.2. The van der Waals surface area contributed by atoms with Crippen LogP contribution in [0.5, 0.6) is 0 Å². The van der Waals surface area contributed by atoms with Gasteiger partial charge in [0.25, 0.3) is 5.91 Å². The maximum atomic E-state index is 11.9. The first kappa shape index (κ1) is 12.4. The maximum absolute atomic E-state index is 11.9. The van der Waals surface area contributed by atoms with Crippen molar-refractivity contribution in [2.45, 2.75) is 12.5 Å². The zero-order valence-corrected chi connectivity index (χ0v) is 10.8. The Hall–Kier alpha value is -1.01. The van der Waals surface area contributed by atoms with Crippen LogP contribution >= 0.6 is 11.6 Å². The van der Waals surface area contributed by atoms with E-state index in [9.17, 15) is 13.2 Å². The van der Waals surface area contributed by atoms with Gasteiger partial charge in [-0.05, 0) is 30.2 Å². The van der Waals surface area contributed by atoms with Crippen LogP contribution in [0.3, 0.4) is 0 Å². The van der Waals surface area contributed by atoms with Gasteiger partial charge in [0, 0.05) is 13.1 Å². The predicted molar refractivity (Wildman–Crippen MR) is 62.9 cm³/mol. The van der Waals surface area contributed by atoms with Gasteiger partial charge in [-0.25, -0.2) is 8.42 Å². The molecule has 1 amide bonds. The Kier molecular flexibility index (Phi) is 3.18. The minimum absolute atomic E-state index is 0.0175. The normalized spacial score (nSPS) is 22.6. The van der Waals surface area contributed by atoms with Crippen LogP contribution in [0.4, 0.5) is 0 Å². The molecule has 1 atom stereocenters. The number of carbonyl (C=O) groups is 1. The predicted octanol–water partition coefficient (Wildman–Crippen LogP) is 1.19. The molecule has 1 aliphatic rings. The number of halogens is 1. The molecule has 0 aliphatic carbocycles. The zero-order chi connectivity index (χ0) is 12.6.